The molecule has 228 valence electrons. The standard InChI is InChI=1S/C14H9F3N2O.C7H6BF3O2.C7H5BrN2O/c15-14(16,17)11-3-1-8(2-4-11)10-5-9-6-12(20)19-13(9)18-7-10;9-7(10,11)5-1-3-6(4-2-5)8(12)13;8-5-1-4-2-6(11)10-7(4)9-3-5/h1-5,7H,6H2,(H,18,19,20);1-4,12-13H;1,3H,2H2,(H,9,10,11). The Bertz CT molecular complexity index is 1670. The molecular formula is C28H20BBrF6N4O4. The third-order valence-electron chi connectivity index (χ3n) is 6.20. The topological polar surface area (TPSA) is 124 Å². The van der Waals surface area contributed by atoms with E-state index in [1.807, 2.05) is 6.07 Å². The van der Waals surface area contributed by atoms with Crippen molar-refractivity contribution >= 4 is 52.0 Å². The SMILES string of the molecule is O=C1Cc2cc(-c3ccc(C(F)(F)F)cc3)cnc2N1.O=C1Cc2cc(Br)cnc2N1.OB(O)c1ccc(C(F)(F)F)cc1. The average Bonchev–Trinajstić information content (AvgIpc) is 3.52. The molecule has 8 nitrogen and oxygen atoms in total. The van der Waals surface area contributed by atoms with E-state index in [4.69, 9.17) is 10.0 Å². The lowest BCUT2D eigenvalue weighted by molar-refractivity contribution is -0.138. The van der Waals surface area contributed by atoms with Crippen molar-refractivity contribution in [3.05, 3.63) is 99.8 Å². The van der Waals surface area contributed by atoms with Crippen molar-refractivity contribution in [1.29, 1.82) is 0 Å². The lowest BCUT2D eigenvalue weighted by Crippen LogP contribution is -2.29. The van der Waals surface area contributed by atoms with Crippen molar-refractivity contribution in [2.24, 2.45) is 0 Å². The molecule has 2 amide bonds. The Balaban J connectivity index is 0.000000160. The van der Waals surface area contributed by atoms with Gasteiger partial charge in [0.05, 0.1) is 24.0 Å². The van der Waals surface area contributed by atoms with E-state index in [-0.39, 0.29) is 23.7 Å². The van der Waals surface area contributed by atoms with Gasteiger partial charge in [-0.1, -0.05) is 36.4 Å². The number of amides is 2. The molecule has 0 fully saturated rings. The Morgan fingerprint density at radius 1 is 0.682 bits per heavy atom. The van der Waals surface area contributed by atoms with Gasteiger partial charge < -0.3 is 20.7 Å². The number of halogens is 7. The maximum atomic E-state index is 12.5. The molecule has 0 spiro atoms. The fraction of sp³-hybridized carbons (Fsp3) is 0.143. The van der Waals surface area contributed by atoms with E-state index >= 15 is 0 Å². The minimum atomic E-state index is -4.39. The lowest BCUT2D eigenvalue weighted by Gasteiger charge is -2.08. The van der Waals surface area contributed by atoms with E-state index in [1.54, 1.807) is 12.3 Å². The smallest absolute Gasteiger partial charge is 0.423 e. The molecule has 0 saturated carbocycles. The van der Waals surface area contributed by atoms with Gasteiger partial charge in [-0.3, -0.25) is 9.59 Å². The number of hydrogen-bond acceptors (Lipinski definition) is 6. The van der Waals surface area contributed by atoms with Crippen LogP contribution in [0.25, 0.3) is 11.1 Å². The second kappa shape index (κ2) is 13.2. The van der Waals surface area contributed by atoms with Gasteiger partial charge in [0, 0.05) is 33.6 Å². The molecule has 2 aliphatic heterocycles. The van der Waals surface area contributed by atoms with Gasteiger partial charge in [0.1, 0.15) is 11.6 Å². The van der Waals surface area contributed by atoms with Gasteiger partial charge in [0.25, 0.3) is 0 Å². The van der Waals surface area contributed by atoms with Crippen molar-refractivity contribution in [2.45, 2.75) is 25.2 Å². The van der Waals surface area contributed by atoms with Crippen LogP contribution < -0.4 is 16.1 Å². The molecule has 4 heterocycles. The minimum Gasteiger partial charge on any atom is -0.423 e. The van der Waals surface area contributed by atoms with Crippen LogP contribution in [0, 0.1) is 0 Å². The first-order chi connectivity index (χ1) is 20.6. The normalized spacial score (nSPS) is 13.4. The molecule has 2 aromatic carbocycles. The second-order valence-electron chi connectivity index (χ2n) is 9.41. The van der Waals surface area contributed by atoms with E-state index in [0.29, 0.717) is 29.2 Å². The van der Waals surface area contributed by atoms with Crippen LogP contribution in [0.4, 0.5) is 38.0 Å². The Morgan fingerprint density at radius 2 is 1.14 bits per heavy atom. The largest absolute Gasteiger partial charge is 0.488 e. The van der Waals surface area contributed by atoms with Crippen molar-refractivity contribution in [1.82, 2.24) is 9.97 Å². The van der Waals surface area contributed by atoms with E-state index in [9.17, 15) is 35.9 Å². The summed E-state index contributed by atoms with van der Waals surface area (Å²) in [4.78, 5) is 30.2. The van der Waals surface area contributed by atoms with Gasteiger partial charge in [0.15, 0.2) is 0 Å². The quantitative estimate of drug-likeness (QED) is 0.175. The van der Waals surface area contributed by atoms with Crippen LogP contribution in [0.3, 0.4) is 0 Å². The maximum Gasteiger partial charge on any atom is 0.488 e. The molecule has 6 rings (SSSR count). The highest BCUT2D eigenvalue weighted by atomic mass is 79.9. The molecule has 16 heteroatoms. The number of fused-ring (bicyclic) bond motifs is 2. The summed E-state index contributed by atoms with van der Waals surface area (Å²) in [5.74, 6) is 1.10. The molecule has 0 atom stereocenters. The number of nitrogens with zero attached hydrogens (tertiary/aromatic N) is 2. The molecule has 4 N–H and O–H groups in total. The summed E-state index contributed by atoms with van der Waals surface area (Å²) in [6.45, 7) is 0. The maximum absolute atomic E-state index is 12.5. The van der Waals surface area contributed by atoms with E-state index in [1.165, 1.54) is 18.3 Å². The third kappa shape index (κ3) is 8.42. The Morgan fingerprint density at radius 3 is 1.61 bits per heavy atom. The molecule has 0 saturated heterocycles. The van der Waals surface area contributed by atoms with Crippen LogP contribution in [0.5, 0.6) is 0 Å². The van der Waals surface area contributed by atoms with Gasteiger partial charge in [-0.15, -0.1) is 0 Å². The zero-order chi connectivity index (χ0) is 32.2. The lowest BCUT2D eigenvalue weighted by atomic mass is 9.80. The number of rotatable bonds is 2. The molecule has 2 aromatic heterocycles. The summed E-state index contributed by atoms with van der Waals surface area (Å²) in [6.07, 6.45) is -4.83. The summed E-state index contributed by atoms with van der Waals surface area (Å²) in [7, 11) is -1.73. The van der Waals surface area contributed by atoms with Crippen LogP contribution in [-0.2, 0) is 34.8 Å². The number of carbonyl (C=O) groups excluding carboxylic acids is 2. The van der Waals surface area contributed by atoms with Gasteiger partial charge in [-0.2, -0.15) is 26.3 Å². The van der Waals surface area contributed by atoms with Crippen molar-refractivity contribution in [3.8, 4) is 11.1 Å². The average molecular weight is 681 g/mol. The molecule has 0 aliphatic carbocycles. The van der Waals surface area contributed by atoms with E-state index in [0.717, 1.165) is 52.0 Å². The van der Waals surface area contributed by atoms with Gasteiger partial charge >= 0.3 is 19.5 Å². The molecule has 4 aromatic rings. The van der Waals surface area contributed by atoms with Crippen LogP contribution in [0.1, 0.15) is 22.3 Å². The number of alkyl halides is 6. The number of anilines is 2. The molecule has 0 bridgehead atoms. The summed E-state index contributed by atoms with van der Waals surface area (Å²) >= 11 is 3.28. The number of carbonyl (C=O) groups is 2. The van der Waals surface area contributed by atoms with Crippen LogP contribution in [0.2, 0.25) is 0 Å². The highest BCUT2D eigenvalue weighted by Crippen LogP contribution is 2.32. The van der Waals surface area contributed by atoms with Gasteiger partial charge in [0.2, 0.25) is 11.8 Å². The summed E-state index contributed by atoms with van der Waals surface area (Å²) in [5, 5.41) is 22.4. The zero-order valence-corrected chi connectivity index (χ0v) is 23.8. The first kappa shape index (κ1) is 32.6. The van der Waals surface area contributed by atoms with Crippen LogP contribution in [-0.4, -0.2) is 38.9 Å². The number of pyridine rings is 2. The van der Waals surface area contributed by atoms with Crippen molar-refractivity contribution in [2.75, 3.05) is 10.6 Å². The van der Waals surface area contributed by atoms with Gasteiger partial charge in [-0.05, 0) is 51.2 Å². The number of hydrogen-bond donors (Lipinski definition) is 4. The highest BCUT2D eigenvalue weighted by molar-refractivity contribution is 9.10. The Hall–Kier alpha value is -4.28. The van der Waals surface area contributed by atoms with E-state index < -0.39 is 30.6 Å². The molecule has 2 aliphatic rings. The second-order valence-corrected chi connectivity index (χ2v) is 10.3. The van der Waals surface area contributed by atoms with Crippen molar-refractivity contribution < 1.29 is 46.0 Å². The fourth-order valence-corrected chi connectivity index (χ4v) is 4.42. The van der Waals surface area contributed by atoms with Crippen LogP contribution >= 0.6 is 15.9 Å². The molecule has 0 radical (unpaired) electrons. The first-order valence-corrected chi connectivity index (χ1v) is 13.3. The Kier molecular flexibility index (Phi) is 9.76. The number of benzene rings is 2. The molecule has 44 heavy (non-hydrogen) atoms. The first-order valence-electron chi connectivity index (χ1n) is 12.5. The summed E-state index contributed by atoms with van der Waals surface area (Å²) in [6, 6.07) is 12.2. The minimum absolute atomic E-state index is 0.0191. The summed E-state index contributed by atoms with van der Waals surface area (Å²) < 4.78 is 74.4. The number of aromatic nitrogens is 2. The summed E-state index contributed by atoms with van der Waals surface area (Å²) in [5.41, 5.74) is 1.58. The zero-order valence-electron chi connectivity index (χ0n) is 22.2. The fourth-order valence-electron chi connectivity index (χ4n) is 4.04. The van der Waals surface area contributed by atoms with Crippen LogP contribution in [0.15, 0.2) is 77.5 Å². The highest BCUT2D eigenvalue weighted by Gasteiger charge is 2.31. The predicted octanol–water partition coefficient (Wildman–Crippen LogP) is 4.99. The Labute approximate surface area is 254 Å². The monoisotopic (exact) mass is 680 g/mol. The molecule has 0 unspecified atom stereocenters. The predicted molar refractivity (Wildman–Crippen MR) is 153 cm³/mol. The number of nitrogens with one attached hydrogen (secondary N) is 2. The third-order valence-corrected chi connectivity index (χ3v) is 6.63. The van der Waals surface area contributed by atoms with Crippen molar-refractivity contribution in [3.63, 3.8) is 0 Å². The molecular weight excluding hydrogens is 661 g/mol. The van der Waals surface area contributed by atoms with Gasteiger partial charge in [-0.25, -0.2) is 9.97 Å². The van der Waals surface area contributed by atoms with E-state index in [2.05, 4.69) is 36.5 Å².